The van der Waals surface area contributed by atoms with E-state index in [0.29, 0.717) is 22.3 Å². The van der Waals surface area contributed by atoms with Gasteiger partial charge in [-0.25, -0.2) is 9.67 Å². The molecule has 0 atom stereocenters. The number of amides is 2. The van der Waals surface area contributed by atoms with Gasteiger partial charge in [0.2, 0.25) is 5.91 Å². The Bertz CT molecular complexity index is 1140. The molecular formula is C21H21N5O3. The number of nitrogens with zero attached hydrogens (tertiary/aromatic N) is 4. The molecule has 3 rings (SSSR count). The molecule has 0 unspecified atom stereocenters. The van der Waals surface area contributed by atoms with Crippen molar-refractivity contribution in [2.75, 3.05) is 20.2 Å². The number of fused-ring (bicyclic) bond motifs is 1. The maximum atomic E-state index is 11.9. The number of carbonyl (C=O) groups excluding carboxylic acids is 2. The molecular weight excluding hydrogens is 370 g/mol. The fraction of sp³-hybridized carbons (Fsp3) is 0.238. The van der Waals surface area contributed by atoms with Crippen molar-refractivity contribution < 1.29 is 14.7 Å². The van der Waals surface area contributed by atoms with Crippen molar-refractivity contribution in [3.05, 3.63) is 53.3 Å². The zero-order valence-corrected chi connectivity index (χ0v) is 16.2. The van der Waals surface area contributed by atoms with E-state index in [4.69, 9.17) is 10.8 Å². The lowest BCUT2D eigenvalue weighted by atomic mass is 10.2. The van der Waals surface area contributed by atoms with Gasteiger partial charge in [-0.1, -0.05) is 17.9 Å². The van der Waals surface area contributed by atoms with Crippen molar-refractivity contribution in [3.63, 3.8) is 0 Å². The van der Waals surface area contributed by atoms with Crippen LogP contribution >= 0.6 is 0 Å². The van der Waals surface area contributed by atoms with Gasteiger partial charge in [-0.15, -0.1) is 0 Å². The van der Waals surface area contributed by atoms with Crippen LogP contribution in [0.4, 0.5) is 0 Å². The second kappa shape index (κ2) is 8.54. The molecule has 0 fully saturated rings. The minimum absolute atomic E-state index is 0.0536. The highest BCUT2D eigenvalue weighted by molar-refractivity contribution is 6.03. The number of benzene rings is 1. The molecule has 0 aliphatic carbocycles. The van der Waals surface area contributed by atoms with Gasteiger partial charge in [0, 0.05) is 24.8 Å². The highest BCUT2D eigenvalue weighted by Crippen LogP contribution is 2.21. The van der Waals surface area contributed by atoms with Crippen molar-refractivity contribution in [1.29, 1.82) is 0 Å². The third kappa shape index (κ3) is 4.42. The average Bonchev–Trinajstić information content (AvgIpc) is 3.07. The van der Waals surface area contributed by atoms with Gasteiger partial charge in [0.25, 0.3) is 5.91 Å². The lowest BCUT2D eigenvalue weighted by molar-refractivity contribution is -0.129. The highest BCUT2D eigenvalue weighted by atomic mass is 16.3. The fourth-order valence-electron chi connectivity index (χ4n) is 2.80. The number of nitrogens with two attached hydrogens (primary N) is 1. The van der Waals surface area contributed by atoms with Crippen molar-refractivity contribution in [2.45, 2.75) is 13.3 Å². The van der Waals surface area contributed by atoms with E-state index in [2.05, 4.69) is 21.9 Å². The van der Waals surface area contributed by atoms with E-state index >= 15 is 0 Å². The third-order valence-electron chi connectivity index (χ3n) is 4.33. The van der Waals surface area contributed by atoms with E-state index in [1.54, 1.807) is 29.9 Å². The number of aliphatic hydroxyl groups excluding tert-OH is 1. The summed E-state index contributed by atoms with van der Waals surface area (Å²) in [5.74, 6) is 5.02. The maximum absolute atomic E-state index is 11.9. The first-order valence-electron chi connectivity index (χ1n) is 9.01. The van der Waals surface area contributed by atoms with E-state index in [1.165, 1.54) is 4.90 Å². The van der Waals surface area contributed by atoms with Crippen LogP contribution < -0.4 is 5.73 Å². The Balaban J connectivity index is 1.93. The minimum Gasteiger partial charge on any atom is -0.395 e. The Labute approximate surface area is 167 Å². The van der Waals surface area contributed by atoms with Crippen molar-refractivity contribution in [2.24, 2.45) is 5.73 Å². The first-order chi connectivity index (χ1) is 13.9. The summed E-state index contributed by atoms with van der Waals surface area (Å²) >= 11 is 0. The molecule has 2 aromatic heterocycles. The van der Waals surface area contributed by atoms with Gasteiger partial charge in [0.05, 0.1) is 24.1 Å². The molecule has 3 N–H and O–H groups in total. The Morgan fingerprint density at radius 3 is 2.79 bits per heavy atom. The van der Waals surface area contributed by atoms with E-state index in [1.807, 2.05) is 25.1 Å². The number of aryl methyl sites for hydroxylation is 1. The van der Waals surface area contributed by atoms with Crippen LogP contribution in [0.25, 0.3) is 16.7 Å². The molecule has 2 amide bonds. The molecule has 29 heavy (non-hydrogen) atoms. The molecule has 0 aliphatic rings. The summed E-state index contributed by atoms with van der Waals surface area (Å²) in [6.07, 6.45) is 0.0536. The number of aromatic nitrogens is 3. The fourth-order valence-corrected chi connectivity index (χ4v) is 2.80. The second-order valence-electron chi connectivity index (χ2n) is 6.52. The van der Waals surface area contributed by atoms with Crippen LogP contribution in [0, 0.1) is 18.8 Å². The molecule has 148 valence electrons. The largest absolute Gasteiger partial charge is 0.395 e. The molecule has 0 bridgehead atoms. The monoisotopic (exact) mass is 391 g/mol. The smallest absolute Gasteiger partial charge is 0.269 e. The predicted octanol–water partition coefficient (Wildman–Crippen LogP) is 1.02. The molecule has 0 aliphatic heterocycles. The number of carbonyl (C=O) groups is 2. The Morgan fingerprint density at radius 1 is 1.28 bits per heavy atom. The molecule has 0 saturated carbocycles. The van der Waals surface area contributed by atoms with Crippen molar-refractivity contribution in [1.82, 2.24) is 19.7 Å². The summed E-state index contributed by atoms with van der Waals surface area (Å²) in [7, 11) is 1.62. The van der Waals surface area contributed by atoms with Crippen molar-refractivity contribution in [3.8, 4) is 17.5 Å². The molecule has 1 aromatic carbocycles. The molecule has 0 radical (unpaired) electrons. The van der Waals surface area contributed by atoms with Gasteiger partial charge in [0.15, 0.2) is 11.3 Å². The zero-order valence-electron chi connectivity index (χ0n) is 16.2. The first-order valence-corrected chi connectivity index (χ1v) is 9.01. The Kier molecular flexibility index (Phi) is 5.90. The number of pyridine rings is 1. The van der Waals surface area contributed by atoms with Gasteiger partial charge in [-0.3, -0.25) is 9.59 Å². The summed E-state index contributed by atoms with van der Waals surface area (Å²) in [6, 6.07) is 10.8. The second-order valence-corrected chi connectivity index (χ2v) is 6.52. The van der Waals surface area contributed by atoms with Crippen LogP contribution in [0.5, 0.6) is 0 Å². The molecule has 0 spiro atoms. The maximum Gasteiger partial charge on any atom is 0.269 e. The summed E-state index contributed by atoms with van der Waals surface area (Å²) in [5, 5.41) is 13.8. The summed E-state index contributed by atoms with van der Waals surface area (Å²) in [4.78, 5) is 29.6. The number of likely N-dealkylation sites (N-methyl/N-ethyl adjacent to an activating group) is 1. The minimum atomic E-state index is -0.624. The van der Waals surface area contributed by atoms with E-state index in [9.17, 15) is 9.59 Å². The number of hydrogen-bond acceptors (Lipinski definition) is 5. The quantitative estimate of drug-likeness (QED) is 0.630. The van der Waals surface area contributed by atoms with Crippen LogP contribution in [0.3, 0.4) is 0 Å². The molecule has 8 nitrogen and oxygen atoms in total. The summed E-state index contributed by atoms with van der Waals surface area (Å²) in [5.41, 5.74) is 8.31. The number of hydrogen-bond donors (Lipinski definition) is 2. The molecule has 3 aromatic rings. The van der Waals surface area contributed by atoms with Crippen LogP contribution in [-0.2, 0) is 4.79 Å². The van der Waals surface area contributed by atoms with E-state index in [-0.39, 0.29) is 31.2 Å². The highest BCUT2D eigenvalue weighted by Gasteiger charge is 2.17. The van der Waals surface area contributed by atoms with Crippen LogP contribution in [0.15, 0.2) is 36.4 Å². The van der Waals surface area contributed by atoms with Gasteiger partial charge in [-0.2, -0.15) is 5.10 Å². The zero-order chi connectivity index (χ0) is 21.0. The van der Waals surface area contributed by atoms with Crippen LogP contribution in [0.2, 0.25) is 0 Å². The van der Waals surface area contributed by atoms with Crippen LogP contribution in [0.1, 0.15) is 28.2 Å². The van der Waals surface area contributed by atoms with E-state index < -0.39 is 5.91 Å². The Hall–Kier alpha value is -3.70. The third-order valence-corrected chi connectivity index (χ3v) is 4.33. The predicted molar refractivity (Wildman–Crippen MR) is 108 cm³/mol. The normalized spacial score (nSPS) is 10.4. The first kappa shape index (κ1) is 20.0. The van der Waals surface area contributed by atoms with Gasteiger partial charge >= 0.3 is 0 Å². The van der Waals surface area contributed by atoms with Crippen molar-refractivity contribution >= 4 is 22.8 Å². The van der Waals surface area contributed by atoms with Gasteiger partial charge in [-0.05, 0) is 37.3 Å². The lowest BCUT2D eigenvalue weighted by Crippen LogP contribution is -2.28. The number of aliphatic hydroxyl groups is 1. The number of rotatable bonds is 5. The molecule has 0 saturated heterocycles. The number of primary amides is 1. The SMILES string of the molecule is Cc1ccc2c(C(N)=O)nn(-c3cccc(C#CCC(=O)N(C)CCO)c3)c2n1. The van der Waals surface area contributed by atoms with Gasteiger partial charge < -0.3 is 15.7 Å². The lowest BCUT2D eigenvalue weighted by Gasteiger charge is -2.13. The Morgan fingerprint density at radius 2 is 2.07 bits per heavy atom. The summed E-state index contributed by atoms with van der Waals surface area (Å²) in [6.45, 7) is 2.04. The molecule has 2 heterocycles. The average molecular weight is 391 g/mol. The van der Waals surface area contributed by atoms with Crippen LogP contribution in [-0.4, -0.2) is 56.8 Å². The summed E-state index contributed by atoms with van der Waals surface area (Å²) < 4.78 is 1.56. The standard InChI is InChI=1S/C21H21N5O3/c1-14-9-10-17-19(20(22)29)24-26(21(17)23-14)16-7-3-5-15(13-16)6-4-8-18(28)25(2)11-12-27/h3,5,7,9-10,13,27H,8,11-12H2,1-2H3,(H2,22,29). The van der Waals surface area contributed by atoms with Gasteiger partial charge in [0.1, 0.15) is 0 Å². The molecule has 8 heteroatoms. The topological polar surface area (TPSA) is 114 Å². The van der Waals surface area contributed by atoms with E-state index in [0.717, 1.165) is 5.69 Å².